The summed E-state index contributed by atoms with van der Waals surface area (Å²) in [7, 11) is 0. The van der Waals surface area contributed by atoms with Crippen molar-refractivity contribution < 1.29 is 0 Å². The predicted molar refractivity (Wildman–Crippen MR) is 92.6 cm³/mol. The minimum atomic E-state index is 1.06. The quantitative estimate of drug-likeness (QED) is 0.397. The summed E-state index contributed by atoms with van der Waals surface area (Å²) in [4.78, 5) is 0. The van der Waals surface area contributed by atoms with Crippen molar-refractivity contribution in [3.05, 3.63) is 65.4 Å². The Hall–Kier alpha value is 0.1000. The molecule has 4 heteroatoms. The lowest BCUT2D eigenvalue weighted by Crippen LogP contribution is -1.76. The second-order valence-electron chi connectivity index (χ2n) is 3.68. The molecule has 0 unspecified atom stereocenters. The average Bonchev–Trinajstić information content (AvgIpc) is 2.35. The summed E-state index contributed by atoms with van der Waals surface area (Å²) in [5.41, 5.74) is 2.31. The van der Waals surface area contributed by atoms with Crippen LogP contribution in [0.1, 0.15) is 11.1 Å². The molecule has 92 valence electrons. The molecular weight excluding hydrogens is 488 g/mol. The molecule has 0 saturated heterocycles. The number of hydrogen-bond acceptors (Lipinski definition) is 0. The maximum atomic E-state index is 3.50. The molecule has 0 radical (unpaired) electrons. The first-order chi connectivity index (χ1) is 8.56. The second kappa shape index (κ2) is 6.51. The van der Waals surface area contributed by atoms with Gasteiger partial charge in [0.25, 0.3) is 0 Å². The molecule has 0 saturated carbocycles. The Labute approximate surface area is 140 Å². The van der Waals surface area contributed by atoms with E-state index in [0.717, 1.165) is 29.0 Å². The van der Waals surface area contributed by atoms with E-state index in [1.54, 1.807) is 0 Å². The van der Waals surface area contributed by atoms with E-state index in [2.05, 4.69) is 100 Å². The monoisotopic (exact) mass is 492 g/mol. The van der Waals surface area contributed by atoms with Crippen LogP contribution in [0.4, 0.5) is 0 Å². The van der Waals surface area contributed by atoms with Crippen LogP contribution >= 0.6 is 63.7 Å². The van der Waals surface area contributed by atoms with E-state index in [4.69, 9.17) is 0 Å². The molecule has 2 rings (SSSR count). The van der Waals surface area contributed by atoms with Crippen molar-refractivity contribution in [2.45, 2.75) is 0 Å². The third-order valence-corrected chi connectivity index (χ3v) is 6.11. The Balaban J connectivity index is 2.24. The van der Waals surface area contributed by atoms with Crippen LogP contribution in [0.3, 0.4) is 0 Å². The van der Waals surface area contributed by atoms with Gasteiger partial charge in [-0.1, -0.05) is 24.3 Å². The van der Waals surface area contributed by atoms with Crippen LogP contribution in [0.2, 0.25) is 0 Å². The van der Waals surface area contributed by atoms with Crippen molar-refractivity contribution in [3.8, 4) is 0 Å². The fraction of sp³-hybridized carbons (Fsp3) is 0. The van der Waals surface area contributed by atoms with Gasteiger partial charge in [-0.25, -0.2) is 0 Å². The molecule has 0 aliphatic heterocycles. The Kier molecular flexibility index (Phi) is 5.24. The zero-order valence-corrected chi connectivity index (χ0v) is 15.5. The summed E-state index contributed by atoms with van der Waals surface area (Å²) in [6, 6.07) is 12.4. The Morgan fingerprint density at radius 1 is 0.556 bits per heavy atom. The minimum Gasteiger partial charge on any atom is -0.0543 e. The Bertz CT molecular complexity index is 549. The molecule has 2 aromatic carbocycles. The van der Waals surface area contributed by atoms with E-state index in [1.165, 1.54) is 0 Å². The first-order valence-corrected chi connectivity index (χ1v) is 8.31. The van der Waals surface area contributed by atoms with Crippen molar-refractivity contribution in [1.82, 2.24) is 0 Å². The van der Waals surface area contributed by atoms with Gasteiger partial charge in [-0.3, -0.25) is 0 Å². The molecule has 2 aromatic rings. The highest BCUT2D eigenvalue weighted by molar-refractivity contribution is 9.13. The summed E-state index contributed by atoms with van der Waals surface area (Å²) in [6.07, 6.45) is 4.18. The molecule has 0 heterocycles. The van der Waals surface area contributed by atoms with Crippen LogP contribution < -0.4 is 0 Å². The second-order valence-corrected chi connectivity index (χ2v) is 7.10. The molecule has 0 atom stereocenters. The molecule has 0 bridgehead atoms. The van der Waals surface area contributed by atoms with Gasteiger partial charge in [0, 0.05) is 17.9 Å². The third-order valence-electron chi connectivity index (χ3n) is 2.36. The number of halogens is 4. The van der Waals surface area contributed by atoms with Crippen molar-refractivity contribution in [2.24, 2.45) is 0 Å². The van der Waals surface area contributed by atoms with Crippen LogP contribution in [-0.2, 0) is 0 Å². The van der Waals surface area contributed by atoms with E-state index >= 15 is 0 Å². The van der Waals surface area contributed by atoms with Crippen molar-refractivity contribution in [2.75, 3.05) is 0 Å². The zero-order valence-electron chi connectivity index (χ0n) is 9.13. The van der Waals surface area contributed by atoms with E-state index in [1.807, 2.05) is 12.1 Å². The van der Waals surface area contributed by atoms with E-state index < -0.39 is 0 Å². The molecule has 0 amide bonds. The fourth-order valence-corrected chi connectivity index (χ4v) is 2.71. The van der Waals surface area contributed by atoms with Crippen LogP contribution in [0.25, 0.3) is 12.2 Å². The lowest BCUT2D eigenvalue weighted by Gasteiger charge is -2.00. The normalized spacial score (nSPS) is 11.1. The fourth-order valence-electron chi connectivity index (χ4n) is 1.42. The predicted octanol–water partition coefficient (Wildman–Crippen LogP) is 6.91. The highest BCUT2D eigenvalue weighted by Gasteiger charge is 1.97. The maximum Gasteiger partial charge on any atom is 0.0323 e. The third kappa shape index (κ3) is 3.80. The molecule has 0 aromatic heterocycles. The molecule has 0 spiro atoms. The molecule has 0 nitrogen and oxygen atoms in total. The topological polar surface area (TPSA) is 0 Å². The Morgan fingerprint density at radius 3 is 1.28 bits per heavy atom. The van der Waals surface area contributed by atoms with Crippen molar-refractivity contribution in [1.29, 1.82) is 0 Å². The largest absolute Gasteiger partial charge is 0.0543 e. The van der Waals surface area contributed by atoms with Crippen molar-refractivity contribution in [3.63, 3.8) is 0 Å². The van der Waals surface area contributed by atoms with Gasteiger partial charge in [0.15, 0.2) is 0 Å². The lowest BCUT2D eigenvalue weighted by molar-refractivity contribution is 1.55. The van der Waals surface area contributed by atoms with Gasteiger partial charge >= 0.3 is 0 Å². The number of benzene rings is 2. The first-order valence-electron chi connectivity index (χ1n) is 5.14. The summed E-state index contributed by atoms with van der Waals surface area (Å²) >= 11 is 13.9. The number of rotatable bonds is 2. The summed E-state index contributed by atoms with van der Waals surface area (Å²) in [5, 5.41) is 0. The van der Waals surface area contributed by atoms with Gasteiger partial charge in [-0.05, 0) is 99.1 Å². The maximum absolute atomic E-state index is 3.50. The Morgan fingerprint density at radius 2 is 0.944 bits per heavy atom. The zero-order chi connectivity index (χ0) is 13.1. The number of hydrogen-bond donors (Lipinski definition) is 0. The average molecular weight is 496 g/mol. The standard InChI is InChI=1S/C14H8Br4/c15-11-5-3-9(7-13(11)17)1-2-10-4-6-12(16)14(18)8-10/h1-8H/b2-1+. The lowest BCUT2D eigenvalue weighted by atomic mass is 10.1. The highest BCUT2D eigenvalue weighted by atomic mass is 79.9. The van der Waals surface area contributed by atoms with Gasteiger partial charge in [0.05, 0.1) is 0 Å². The van der Waals surface area contributed by atoms with Gasteiger partial charge in [0.1, 0.15) is 0 Å². The van der Waals surface area contributed by atoms with Crippen molar-refractivity contribution >= 4 is 75.9 Å². The van der Waals surface area contributed by atoms with Crippen LogP contribution in [0.5, 0.6) is 0 Å². The van der Waals surface area contributed by atoms with Gasteiger partial charge in [0.2, 0.25) is 0 Å². The van der Waals surface area contributed by atoms with E-state index in [-0.39, 0.29) is 0 Å². The molecule has 0 fully saturated rings. The first kappa shape index (κ1) is 14.5. The molecule has 0 aliphatic carbocycles. The van der Waals surface area contributed by atoms with Crippen LogP contribution in [-0.4, -0.2) is 0 Å². The summed E-state index contributed by atoms with van der Waals surface area (Å²) in [5.74, 6) is 0. The highest BCUT2D eigenvalue weighted by Crippen LogP contribution is 2.26. The van der Waals surface area contributed by atoms with E-state index in [9.17, 15) is 0 Å². The van der Waals surface area contributed by atoms with Gasteiger partial charge in [-0.2, -0.15) is 0 Å². The molecule has 0 N–H and O–H groups in total. The minimum absolute atomic E-state index is 1.06. The van der Waals surface area contributed by atoms with Gasteiger partial charge < -0.3 is 0 Å². The van der Waals surface area contributed by atoms with Crippen LogP contribution in [0, 0.1) is 0 Å². The van der Waals surface area contributed by atoms with Gasteiger partial charge in [-0.15, -0.1) is 0 Å². The van der Waals surface area contributed by atoms with E-state index in [0.29, 0.717) is 0 Å². The molecule has 18 heavy (non-hydrogen) atoms. The summed E-state index contributed by atoms with van der Waals surface area (Å²) in [6.45, 7) is 0. The molecular formula is C14H8Br4. The summed E-state index contributed by atoms with van der Waals surface area (Å²) < 4.78 is 4.24. The smallest absolute Gasteiger partial charge is 0.0323 e. The molecule has 0 aliphatic rings. The SMILES string of the molecule is Brc1ccc(/C=C/c2ccc(Br)c(Br)c2)cc1Br. The van der Waals surface area contributed by atoms with Crippen LogP contribution in [0.15, 0.2) is 54.3 Å².